The number of carbonyl (C=O) groups is 1. The number of halogens is 1. The molecular formula is C23H25FN2O2. The first-order valence-electron chi connectivity index (χ1n) is 10.1. The minimum atomic E-state index is -0.334. The van der Waals surface area contributed by atoms with Crippen molar-refractivity contribution in [3.05, 3.63) is 65.4 Å². The van der Waals surface area contributed by atoms with Crippen LogP contribution in [0.1, 0.15) is 36.3 Å². The summed E-state index contributed by atoms with van der Waals surface area (Å²) in [6.45, 7) is 4.26. The Morgan fingerprint density at radius 3 is 2.82 bits per heavy atom. The number of carbonyl (C=O) groups excluding carboxylic acids is 1. The van der Waals surface area contributed by atoms with E-state index in [1.165, 1.54) is 12.1 Å². The van der Waals surface area contributed by atoms with Crippen LogP contribution >= 0.6 is 0 Å². The maximum absolute atomic E-state index is 13.4. The highest BCUT2D eigenvalue weighted by atomic mass is 19.1. The van der Waals surface area contributed by atoms with Crippen LogP contribution in [0.15, 0.2) is 46.9 Å². The van der Waals surface area contributed by atoms with Gasteiger partial charge in [-0.05, 0) is 62.6 Å². The fraction of sp³-hybridized carbons (Fsp3) is 0.435. The molecule has 4 heterocycles. The number of likely N-dealkylation sites (tertiary alicyclic amines) is 1. The lowest BCUT2D eigenvalue weighted by atomic mass is 9.85. The third-order valence-corrected chi connectivity index (χ3v) is 6.69. The van der Waals surface area contributed by atoms with E-state index in [1.807, 2.05) is 24.0 Å². The molecule has 1 amide bonds. The van der Waals surface area contributed by atoms with E-state index >= 15 is 0 Å². The Balaban J connectivity index is 1.35. The van der Waals surface area contributed by atoms with E-state index in [1.54, 1.807) is 12.1 Å². The molecule has 1 aromatic carbocycles. The molecule has 3 saturated heterocycles. The lowest BCUT2D eigenvalue weighted by molar-refractivity contribution is -0.137. The summed E-state index contributed by atoms with van der Waals surface area (Å²) in [5.74, 6) is 2.15. The molecule has 4 nitrogen and oxygen atoms in total. The van der Waals surface area contributed by atoms with Gasteiger partial charge < -0.3 is 9.32 Å². The summed E-state index contributed by atoms with van der Waals surface area (Å²) < 4.78 is 18.8. The molecule has 0 N–H and O–H groups in total. The molecule has 0 saturated carbocycles. The molecule has 0 unspecified atom stereocenters. The van der Waals surface area contributed by atoms with Crippen molar-refractivity contribution < 1.29 is 13.6 Å². The number of nitrogens with zero attached hydrogens (tertiary/aromatic N) is 2. The number of aryl methyl sites for hydroxylation is 1. The Morgan fingerprint density at radius 2 is 2.07 bits per heavy atom. The predicted molar refractivity (Wildman–Crippen MR) is 105 cm³/mol. The lowest BCUT2D eigenvalue weighted by Crippen LogP contribution is -2.50. The molecule has 1 spiro atoms. The number of benzene rings is 1. The maximum Gasteiger partial charge on any atom is 0.243 e. The average molecular weight is 380 g/mol. The topological polar surface area (TPSA) is 36.7 Å². The number of rotatable bonds is 4. The van der Waals surface area contributed by atoms with Crippen LogP contribution in [0.2, 0.25) is 0 Å². The highest BCUT2D eigenvalue weighted by Crippen LogP contribution is 2.51. The van der Waals surface area contributed by atoms with Gasteiger partial charge in [0.1, 0.15) is 22.9 Å². The summed E-state index contributed by atoms with van der Waals surface area (Å²) in [5.41, 5.74) is 0.659. The van der Waals surface area contributed by atoms with Crippen molar-refractivity contribution in [1.82, 2.24) is 9.80 Å². The van der Waals surface area contributed by atoms with Gasteiger partial charge >= 0.3 is 0 Å². The van der Waals surface area contributed by atoms with Gasteiger partial charge in [0.25, 0.3) is 0 Å². The molecule has 0 radical (unpaired) electrons. The van der Waals surface area contributed by atoms with Crippen molar-refractivity contribution in [3.63, 3.8) is 0 Å². The third kappa shape index (κ3) is 2.72. The predicted octanol–water partition coefficient (Wildman–Crippen LogP) is 4.01. The summed E-state index contributed by atoms with van der Waals surface area (Å²) in [5, 5.41) is 0. The first-order valence-corrected chi connectivity index (χ1v) is 10.1. The van der Waals surface area contributed by atoms with Crippen molar-refractivity contribution in [2.45, 2.75) is 44.3 Å². The monoisotopic (exact) mass is 380 g/mol. The molecule has 3 aliphatic heterocycles. The second-order valence-electron chi connectivity index (χ2n) is 8.33. The molecule has 3 atom stereocenters. The quantitative estimate of drug-likeness (QED) is 0.804. The van der Waals surface area contributed by atoms with Gasteiger partial charge in [0, 0.05) is 18.5 Å². The van der Waals surface area contributed by atoms with E-state index in [4.69, 9.17) is 4.42 Å². The number of furan rings is 1. The van der Waals surface area contributed by atoms with Gasteiger partial charge in [0.15, 0.2) is 0 Å². The number of hydrogen-bond acceptors (Lipinski definition) is 3. The minimum Gasteiger partial charge on any atom is -0.464 e. The van der Waals surface area contributed by atoms with E-state index in [0.29, 0.717) is 12.5 Å². The zero-order valence-corrected chi connectivity index (χ0v) is 16.1. The minimum absolute atomic E-state index is 0.219. The van der Waals surface area contributed by atoms with Crippen LogP contribution < -0.4 is 0 Å². The molecule has 146 valence electrons. The van der Waals surface area contributed by atoms with Gasteiger partial charge in [-0.15, -0.1) is 0 Å². The Bertz CT molecular complexity index is 919. The van der Waals surface area contributed by atoms with Crippen LogP contribution in [0.3, 0.4) is 0 Å². The molecule has 0 aliphatic carbocycles. The SMILES string of the molecule is Cc1ccc(CN2C[C@@H]3C[C@@H](/C=C/c4ccc(F)cc4)N4CCC[C@@]34C2=O)o1. The number of hydrogen-bond donors (Lipinski definition) is 0. The molecule has 3 aliphatic rings. The van der Waals surface area contributed by atoms with Gasteiger partial charge in [-0.1, -0.05) is 24.3 Å². The molecule has 5 rings (SSSR count). The van der Waals surface area contributed by atoms with E-state index < -0.39 is 0 Å². The van der Waals surface area contributed by atoms with Gasteiger partial charge in [0.05, 0.1) is 6.54 Å². The zero-order valence-electron chi connectivity index (χ0n) is 16.1. The van der Waals surface area contributed by atoms with Crippen molar-refractivity contribution in [2.24, 2.45) is 5.92 Å². The van der Waals surface area contributed by atoms with Gasteiger partial charge in [0.2, 0.25) is 5.91 Å². The van der Waals surface area contributed by atoms with Gasteiger partial charge in [-0.2, -0.15) is 0 Å². The first kappa shape index (κ1) is 17.7. The molecule has 28 heavy (non-hydrogen) atoms. The van der Waals surface area contributed by atoms with Crippen molar-refractivity contribution in [3.8, 4) is 0 Å². The van der Waals surface area contributed by atoms with Crippen molar-refractivity contribution >= 4 is 12.0 Å². The van der Waals surface area contributed by atoms with E-state index in [-0.39, 0.29) is 23.3 Å². The zero-order chi connectivity index (χ0) is 19.3. The number of amides is 1. The fourth-order valence-corrected chi connectivity index (χ4v) is 5.50. The summed E-state index contributed by atoms with van der Waals surface area (Å²) in [6.07, 6.45) is 7.27. The largest absolute Gasteiger partial charge is 0.464 e. The van der Waals surface area contributed by atoms with Crippen LogP contribution in [0.25, 0.3) is 6.08 Å². The Kier molecular flexibility index (Phi) is 4.16. The van der Waals surface area contributed by atoms with Crippen LogP contribution in [0.5, 0.6) is 0 Å². The van der Waals surface area contributed by atoms with Gasteiger partial charge in [-0.25, -0.2) is 4.39 Å². The van der Waals surface area contributed by atoms with Crippen molar-refractivity contribution in [2.75, 3.05) is 13.1 Å². The Hall–Kier alpha value is -2.40. The third-order valence-electron chi connectivity index (χ3n) is 6.69. The molecule has 5 heteroatoms. The normalized spacial score (nSPS) is 29.8. The van der Waals surface area contributed by atoms with Crippen LogP contribution in [0.4, 0.5) is 4.39 Å². The summed E-state index contributed by atoms with van der Waals surface area (Å²) >= 11 is 0. The molecular weight excluding hydrogens is 355 g/mol. The van der Waals surface area contributed by atoms with Crippen molar-refractivity contribution in [1.29, 1.82) is 0 Å². The second-order valence-corrected chi connectivity index (χ2v) is 8.33. The molecule has 1 aromatic heterocycles. The van der Waals surface area contributed by atoms with Crippen LogP contribution in [-0.4, -0.2) is 40.4 Å². The Morgan fingerprint density at radius 1 is 1.25 bits per heavy atom. The maximum atomic E-state index is 13.4. The average Bonchev–Trinajstić information content (AvgIpc) is 3.40. The first-order chi connectivity index (χ1) is 13.6. The molecule has 3 fully saturated rings. The summed E-state index contributed by atoms with van der Waals surface area (Å²) in [4.78, 5) is 17.8. The Labute approximate surface area is 164 Å². The van der Waals surface area contributed by atoms with Crippen LogP contribution in [-0.2, 0) is 11.3 Å². The second kappa shape index (κ2) is 6.59. The fourth-order valence-electron chi connectivity index (χ4n) is 5.50. The highest BCUT2D eigenvalue weighted by Gasteiger charge is 2.64. The molecule has 0 bridgehead atoms. The van der Waals surface area contributed by atoms with E-state index in [2.05, 4.69) is 17.1 Å². The van der Waals surface area contributed by atoms with E-state index in [9.17, 15) is 9.18 Å². The smallest absolute Gasteiger partial charge is 0.243 e. The summed E-state index contributed by atoms with van der Waals surface area (Å²) in [6, 6.07) is 10.7. The highest BCUT2D eigenvalue weighted by molar-refractivity contribution is 5.90. The standard InChI is InChI=1S/C23H25FN2O2/c1-16-3-10-21(28-16)15-25-14-18-13-20(9-6-17-4-7-19(24)8-5-17)26-12-2-11-23(18,26)22(25)27/h3-10,18,20H,2,11-15H2,1H3/b9-6+/t18-,20+,23-/m0/s1. The molecule has 2 aromatic rings. The van der Waals surface area contributed by atoms with Crippen LogP contribution in [0, 0.1) is 18.7 Å². The van der Waals surface area contributed by atoms with E-state index in [0.717, 1.165) is 49.4 Å². The van der Waals surface area contributed by atoms with Gasteiger partial charge in [-0.3, -0.25) is 9.69 Å². The summed E-state index contributed by atoms with van der Waals surface area (Å²) in [7, 11) is 0. The lowest BCUT2D eigenvalue weighted by Gasteiger charge is -2.32.